The second-order valence-corrected chi connectivity index (χ2v) is 15.0. The molecule has 0 saturated heterocycles. The summed E-state index contributed by atoms with van der Waals surface area (Å²) in [5.41, 5.74) is 0. The largest absolute Gasteiger partial charge is 0.472 e. The quantitative estimate of drug-likeness (QED) is 0.0609. The van der Waals surface area contributed by atoms with Gasteiger partial charge in [-0.1, -0.05) is 114 Å². The van der Waals surface area contributed by atoms with Crippen LogP contribution < -0.4 is 0 Å². The molecule has 2 unspecified atom stereocenters. The van der Waals surface area contributed by atoms with Crippen molar-refractivity contribution >= 4 is 41.6 Å². The van der Waals surface area contributed by atoms with Gasteiger partial charge >= 0.3 is 7.82 Å². The summed E-state index contributed by atoms with van der Waals surface area (Å²) in [7, 11) is 1.68. The standard InChI is InChI=1S/C28H56NO6PS2/c1-6-8-10-12-14-16-18-20-27(30)37-25-26(24-35-36(32,33)34-23-22-29(3,4)5)38-28(31)21-19-17-15-13-11-9-7-2/h26H,6-25H2,1-5H3/p+1. The minimum atomic E-state index is -4.23. The van der Waals surface area contributed by atoms with E-state index in [1.807, 2.05) is 21.1 Å². The van der Waals surface area contributed by atoms with Crippen LogP contribution in [0, 0.1) is 0 Å². The van der Waals surface area contributed by atoms with Crippen molar-refractivity contribution in [2.75, 3.05) is 46.7 Å². The third-order valence-electron chi connectivity index (χ3n) is 6.14. The average Bonchev–Trinajstić information content (AvgIpc) is 2.83. The van der Waals surface area contributed by atoms with E-state index in [2.05, 4.69) is 13.8 Å². The van der Waals surface area contributed by atoms with Crippen molar-refractivity contribution in [1.82, 2.24) is 0 Å². The molecule has 0 aliphatic carbocycles. The lowest BCUT2D eigenvalue weighted by Crippen LogP contribution is -2.37. The molecule has 7 nitrogen and oxygen atoms in total. The van der Waals surface area contributed by atoms with E-state index in [4.69, 9.17) is 9.05 Å². The molecule has 0 saturated carbocycles. The van der Waals surface area contributed by atoms with E-state index in [1.165, 1.54) is 63.1 Å². The van der Waals surface area contributed by atoms with Crippen LogP contribution in [0.25, 0.3) is 0 Å². The van der Waals surface area contributed by atoms with E-state index in [-0.39, 0.29) is 28.7 Å². The zero-order chi connectivity index (χ0) is 28.7. The lowest BCUT2D eigenvalue weighted by atomic mass is 10.1. The number of nitrogens with zero attached hydrogens (tertiary/aromatic N) is 1. The van der Waals surface area contributed by atoms with Gasteiger partial charge in [0.25, 0.3) is 0 Å². The minimum absolute atomic E-state index is 0.0472. The lowest BCUT2D eigenvalue weighted by Gasteiger charge is -2.24. The summed E-state index contributed by atoms with van der Waals surface area (Å²) < 4.78 is 23.3. The Morgan fingerprint density at radius 1 is 0.763 bits per heavy atom. The highest BCUT2D eigenvalue weighted by molar-refractivity contribution is 8.17. The summed E-state index contributed by atoms with van der Waals surface area (Å²) in [5, 5.41) is -0.224. The predicted molar refractivity (Wildman–Crippen MR) is 164 cm³/mol. The molecule has 10 heteroatoms. The topological polar surface area (TPSA) is 89.9 Å². The van der Waals surface area contributed by atoms with Gasteiger partial charge in [0.2, 0.25) is 0 Å². The molecule has 0 radical (unpaired) electrons. The van der Waals surface area contributed by atoms with Gasteiger partial charge in [-0.2, -0.15) is 0 Å². The van der Waals surface area contributed by atoms with Crippen molar-refractivity contribution < 1.29 is 32.6 Å². The number of carbonyl (C=O) groups is 2. The van der Waals surface area contributed by atoms with E-state index in [0.717, 1.165) is 50.3 Å². The number of thioether (sulfide) groups is 2. The maximum atomic E-state index is 12.6. The highest BCUT2D eigenvalue weighted by atomic mass is 32.2. The summed E-state index contributed by atoms with van der Waals surface area (Å²) in [6, 6.07) is 0. The molecule has 0 aromatic carbocycles. The molecule has 0 amide bonds. The van der Waals surface area contributed by atoms with Gasteiger partial charge in [0.15, 0.2) is 10.2 Å². The first-order valence-corrected chi connectivity index (χ1v) is 18.1. The molecule has 0 heterocycles. The van der Waals surface area contributed by atoms with Gasteiger partial charge in [-0.15, -0.1) is 0 Å². The first kappa shape index (κ1) is 38.1. The zero-order valence-electron chi connectivity index (χ0n) is 24.9. The van der Waals surface area contributed by atoms with Crippen LogP contribution in [0.15, 0.2) is 0 Å². The Morgan fingerprint density at radius 3 is 1.74 bits per heavy atom. The Bertz CT molecular complexity index is 660. The Labute approximate surface area is 242 Å². The number of rotatable bonds is 26. The smallest absolute Gasteiger partial charge is 0.329 e. The second kappa shape index (κ2) is 23.8. The number of quaternary nitrogens is 1. The molecule has 0 rings (SSSR count). The minimum Gasteiger partial charge on any atom is -0.329 e. The maximum absolute atomic E-state index is 12.6. The molecule has 38 heavy (non-hydrogen) atoms. The fourth-order valence-electron chi connectivity index (χ4n) is 3.72. The van der Waals surface area contributed by atoms with Gasteiger partial charge in [-0.3, -0.25) is 18.6 Å². The summed E-state index contributed by atoms with van der Waals surface area (Å²) in [5.74, 6) is 0.377. The normalized spacial score (nSPS) is 14.4. The van der Waals surface area contributed by atoms with E-state index < -0.39 is 7.82 Å². The van der Waals surface area contributed by atoms with Crippen molar-refractivity contribution in [3.8, 4) is 0 Å². The third kappa shape index (κ3) is 26.3. The van der Waals surface area contributed by atoms with Gasteiger partial charge < -0.3 is 9.38 Å². The van der Waals surface area contributed by atoms with Crippen LogP contribution in [-0.4, -0.2) is 71.5 Å². The first-order valence-electron chi connectivity index (χ1n) is 14.8. The van der Waals surface area contributed by atoms with Crippen molar-refractivity contribution in [2.45, 2.75) is 122 Å². The zero-order valence-corrected chi connectivity index (χ0v) is 27.4. The second-order valence-electron chi connectivity index (χ2n) is 11.1. The van der Waals surface area contributed by atoms with Crippen LogP contribution >= 0.6 is 31.3 Å². The number of hydrogen-bond donors (Lipinski definition) is 1. The molecule has 0 fully saturated rings. The molecule has 0 bridgehead atoms. The van der Waals surface area contributed by atoms with Crippen LogP contribution in [0.3, 0.4) is 0 Å². The number of carbonyl (C=O) groups excluding carboxylic acids is 2. The van der Waals surface area contributed by atoms with E-state index in [9.17, 15) is 19.0 Å². The molecule has 0 aliphatic heterocycles. The summed E-state index contributed by atoms with van der Waals surface area (Å²) in [6.07, 6.45) is 17.1. The van der Waals surface area contributed by atoms with Crippen LogP contribution in [0.1, 0.15) is 117 Å². The van der Waals surface area contributed by atoms with Crippen LogP contribution in [0.5, 0.6) is 0 Å². The Kier molecular flexibility index (Phi) is 23.8. The molecule has 1 N–H and O–H groups in total. The van der Waals surface area contributed by atoms with Crippen molar-refractivity contribution in [3.05, 3.63) is 0 Å². The summed E-state index contributed by atoms with van der Waals surface area (Å²) >= 11 is 2.34. The number of hydrogen-bond acceptors (Lipinski definition) is 7. The van der Waals surface area contributed by atoms with Crippen molar-refractivity contribution in [1.29, 1.82) is 0 Å². The molecule has 2 atom stereocenters. The Hall–Kier alpha value is 0.110. The highest BCUT2D eigenvalue weighted by Gasteiger charge is 2.26. The highest BCUT2D eigenvalue weighted by Crippen LogP contribution is 2.44. The molecule has 226 valence electrons. The van der Waals surface area contributed by atoms with Crippen LogP contribution in [-0.2, 0) is 23.2 Å². The van der Waals surface area contributed by atoms with Crippen LogP contribution in [0.4, 0.5) is 0 Å². The first-order chi connectivity index (χ1) is 18.0. The number of likely N-dealkylation sites (N-methyl/N-ethyl adjacent to an activating group) is 1. The predicted octanol–water partition coefficient (Wildman–Crippen LogP) is 8.00. The van der Waals surface area contributed by atoms with Gasteiger partial charge in [0, 0.05) is 23.8 Å². The van der Waals surface area contributed by atoms with Crippen molar-refractivity contribution in [2.24, 2.45) is 0 Å². The fourth-order valence-corrected chi connectivity index (χ4v) is 6.58. The SMILES string of the molecule is CCCCCCCCCC(=O)SCC(COP(=O)(O)OCC[N+](C)(C)C)SC(=O)CCCCCCCCC. The van der Waals surface area contributed by atoms with Gasteiger partial charge in [-0.05, 0) is 12.8 Å². The molecular weight excluding hydrogens is 541 g/mol. The maximum Gasteiger partial charge on any atom is 0.472 e. The molecular formula is C28H57NO6PS2+. The number of phosphoric acid groups is 1. The number of unbranched alkanes of at least 4 members (excludes halogenated alkanes) is 12. The van der Waals surface area contributed by atoms with Gasteiger partial charge in [0.1, 0.15) is 13.2 Å². The van der Waals surface area contributed by atoms with Gasteiger partial charge in [-0.25, -0.2) is 4.57 Å². The Balaban J connectivity index is 4.58. The average molecular weight is 599 g/mol. The van der Waals surface area contributed by atoms with E-state index >= 15 is 0 Å². The molecule has 0 spiro atoms. The van der Waals surface area contributed by atoms with E-state index in [1.54, 1.807) is 0 Å². The monoisotopic (exact) mass is 598 g/mol. The molecule has 0 aromatic heterocycles. The summed E-state index contributed by atoms with van der Waals surface area (Å²) in [6.45, 7) is 4.95. The van der Waals surface area contributed by atoms with E-state index in [0.29, 0.717) is 29.6 Å². The third-order valence-corrected chi connectivity index (χ3v) is 9.53. The van der Waals surface area contributed by atoms with Crippen molar-refractivity contribution in [3.63, 3.8) is 0 Å². The molecule has 0 aliphatic rings. The van der Waals surface area contributed by atoms with Crippen LogP contribution in [0.2, 0.25) is 0 Å². The fraction of sp³-hybridized carbons (Fsp3) is 0.929. The summed E-state index contributed by atoms with van der Waals surface area (Å²) in [4.78, 5) is 35.1. The number of phosphoric ester groups is 1. The molecule has 0 aromatic rings. The lowest BCUT2D eigenvalue weighted by molar-refractivity contribution is -0.870. The Morgan fingerprint density at radius 2 is 1.24 bits per heavy atom. The van der Waals surface area contributed by atoms with Gasteiger partial charge in [0.05, 0.1) is 27.7 Å².